The smallest absolute Gasteiger partial charge is 0.324 e. The molecule has 0 aromatic carbocycles. The van der Waals surface area contributed by atoms with Gasteiger partial charge in [0.15, 0.2) is 0 Å². The van der Waals surface area contributed by atoms with E-state index in [2.05, 4.69) is 10.0 Å². The summed E-state index contributed by atoms with van der Waals surface area (Å²) in [4.78, 5) is 10.7. The predicted octanol–water partition coefficient (Wildman–Crippen LogP) is 1.36. The number of rotatable bonds is 3. The van der Waals surface area contributed by atoms with Crippen molar-refractivity contribution < 1.29 is 4.79 Å². The lowest BCUT2D eigenvalue weighted by atomic mass is 10.6. The number of hydrogen-bond donors (Lipinski definition) is 2. The molecular formula is C6H14N2OS. The number of urea groups is 1. The van der Waals surface area contributed by atoms with Gasteiger partial charge in [-0.2, -0.15) is 0 Å². The summed E-state index contributed by atoms with van der Waals surface area (Å²) in [5.41, 5.74) is 0. The monoisotopic (exact) mass is 162 g/mol. The van der Waals surface area contributed by atoms with E-state index in [0.29, 0.717) is 11.8 Å². The van der Waals surface area contributed by atoms with Crippen molar-refractivity contribution in [3.05, 3.63) is 0 Å². The maximum absolute atomic E-state index is 10.7. The van der Waals surface area contributed by atoms with E-state index in [0.717, 1.165) is 0 Å². The molecule has 2 amide bonds. The van der Waals surface area contributed by atoms with Gasteiger partial charge in [-0.3, -0.25) is 4.72 Å². The number of nitrogens with one attached hydrogen (secondary N) is 2. The molecule has 0 rings (SSSR count). The van der Waals surface area contributed by atoms with Crippen molar-refractivity contribution >= 4 is 18.0 Å². The van der Waals surface area contributed by atoms with Crippen LogP contribution < -0.4 is 10.0 Å². The summed E-state index contributed by atoms with van der Waals surface area (Å²) in [6.45, 7) is 6.61. The molecule has 0 fully saturated rings. The molecule has 0 saturated heterocycles. The lowest BCUT2D eigenvalue weighted by molar-refractivity contribution is 0.247. The van der Waals surface area contributed by atoms with Crippen molar-refractivity contribution in [2.75, 3.05) is 6.54 Å². The summed E-state index contributed by atoms with van der Waals surface area (Å²) < 4.78 is 2.65. The van der Waals surface area contributed by atoms with E-state index < -0.39 is 0 Å². The SMILES string of the molecule is CCNC(=O)NSC(C)C. The fraction of sp³-hybridized carbons (Fsp3) is 0.833. The quantitative estimate of drug-likeness (QED) is 0.615. The summed E-state index contributed by atoms with van der Waals surface area (Å²) in [6.07, 6.45) is 0. The van der Waals surface area contributed by atoms with E-state index in [1.165, 1.54) is 11.9 Å². The molecule has 10 heavy (non-hydrogen) atoms. The Balaban J connectivity index is 3.22. The van der Waals surface area contributed by atoms with Gasteiger partial charge in [0.25, 0.3) is 0 Å². The highest BCUT2D eigenvalue weighted by Gasteiger charge is 1.98. The molecule has 0 saturated carbocycles. The number of carbonyl (C=O) groups is 1. The van der Waals surface area contributed by atoms with Crippen molar-refractivity contribution in [3.8, 4) is 0 Å². The van der Waals surface area contributed by atoms with Crippen LogP contribution in [0.4, 0.5) is 4.79 Å². The molecule has 60 valence electrons. The molecule has 0 unspecified atom stereocenters. The van der Waals surface area contributed by atoms with Gasteiger partial charge in [-0.1, -0.05) is 13.8 Å². The average molecular weight is 162 g/mol. The third-order valence-electron chi connectivity index (χ3n) is 0.725. The van der Waals surface area contributed by atoms with Gasteiger partial charge in [0.05, 0.1) is 0 Å². The second-order valence-corrected chi connectivity index (χ2v) is 3.51. The molecule has 0 radical (unpaired) electrons. The minimum Gasteiger partial charge on any atom is -0.338 e. The summed E-state index contributed by atoms with van der Waals surface area (Å²) >= 11 is 1.42. The topological polar surface area (TPSA) is 41.1 Å². The highest BCUT2D eigenvalue weighted by atomic mass is 32.2. The molecule has 0 aromatic heterocycles. The van der Waals surface area contributed by atoms with E-state index >= 15 is 0 Å². The molecule has 0 aromatic rings. The Hall–Kier alpha value is -0.380. The van der Waals surface area contributed by atoms with Gasteiger partial charge in [-0.05, 0) is 18.9 Å². The second kappa shape index (κ2) is 5.41. The van der Waals surface area contributed by atoms with Gasteiger partial charge in [-0.15, -0.1) is 0 Å². The summed E-state index contributed by atoms with van der Waals surface area (Å²) in [7, 11) is 0. The second-order valence-electron chi connectivity index (χ2n) is 2.13. The van der Waals surface area contributed by atoms with Crippen molar-refractivity contribution in [2.45, 2.75) is 26.0 Å². The Labute approximate surface area is 66.1 Å². The summed E-state index contributed by atoms with van der Waals surface area (Å²) in [6, 6.07) is -0.110. The normalized spacial score (nSPS) is 9.60. The highest BCUT2D eigenvalue weighted by Crippen LogP contribution is 2.01. The van der Waals surface area contributed by atoms with Crippen molar-refractivity contribution in [2.24, 2.45) is 0 Å². The van der Waals surface area contributed by atoms with E-state index in [1.54, 1.807) is 0 Å². The van der Waals surface area contributed by atoms with Crippen LogP contribution in [-0.4, -0.2) is 17.8 Å². The zero-order valence-electron chi connectivity index (χ0n) is 6.60. The standard InChI is InChI=1S/C6H14N2OS/c1-4-7-6(9)8-10-5(2)3/h5H,4H2,1-3H3,(H2,7,8,9). The van der Waals surface area contributed by atoms with E-state index in [4.69, 9.17) is 0 Å². The zero-order valence-corrected chi connectivity index (χ0v) is 7.42. The molecular weight excluding hydrogens is 148 g/mol. The van der Waals surface area contributed by atoms with Gasteiger partial charge in [0.1, 0.15) is 0 Å². The first-order valence-electron chi connectivity index (χ1n) is 3.36. The molecule has 0 atom stereocenters. The highest BCUT2D eigenvalue weighted by molar-refractivity contribution is 7.98. The van der Waals surface area contributed by atoms with Crippen LogP contribution >= 0.6 is 11.9 Å². The van der Waals surface area contributed by atoms with Crippen LogP contribution in [0.25, 0.3) is 0 Å². The van der Waals surface area contributed by atoms with Crippen molar-refractivity contribution in [3.63, 3.8) is 0 Å². The van der Waals surface area contributed by atoms with E-state index in [1.807, 2.05) is 20.8 Å². The Morgan fingerprint density at radius 3 is 2.60 bits per heavy atom. The predicted molar refractivity (Wildman–Crippen MR) is 44.9 cm³/mol. The van der Waals surface area contributed by atoms with E-state index in [9.17, 15) is 4.79 Å². The third kappa shape index (κ3) is 5.75. The van der Waals surface area contributed by atoms with Gasteiger partial charge in [0, 0.05) is 11.8 Å². The molecule has 3 nitrogen and oxygen atoms in total. The first-order chi connectivity index (χ1) is 4.66. The van der Waals surface area contributed by atoms with Crippen LogP contribution in [0.2, 0.25) is 0 Å². The Bertz CT molecular complexity index is 106. The van der Waals surface area contributed by atoms with Gasteiger partial charge in [-0.25, -0.2) is 4.79 Å². The molecule has 2 N–H and O–H groups in total. The first-order valence-corrected chi connectivity index (χ1v) is 4.24. The maximum Gasteiger partial charge on any atom is 0.324 e. The zero-order chi connectivity index (χ0) is 7.98. The minimum atomic E-state index is -0.110. The molecule has 0 aliphatic heterocycles. The number of carbonyl (C=O) groups excluding carboxylic acids is 1. The van der Waals surface area contributed by atoms with Gasteiger partial charge >= 0.3 is 6.03 Å². The molecule has 0 bridgehead atoms. The minimum absolute atomic E-state index is 0.110. The van der Waals surface area contributed by atoms with Gasteiger partial charge in [0.2, 0.25) is 0 Å². The number of hydrogen-bond acceptors (Lipinski definition) is 2. The van der Waals surface area contributed by atoms with Crippen LogP contribution in [0.5, 0.6) is 0 Å². The summed E-state index contributed by atoms with van der Waals surface area (Å²) in [5, 5.41) is 3.06. The van der Waals surface area contributed by atoms with Crippen molar-refractivity contribution in [1.29, 1.82) is 0 Å². The van der Waals surface area contributed by atoms with Crippen LogP contribution in [-0.2, 0) is 0 Å². The van der Waals surface area contributed by atoms with Gasteiger partial charge < -0.3 is 5.32 Å². The van der Waals surface area contributed by atoms with Crippen LogP contribution in [0, 0.1) is 0 Å². The molecule has 0 aliphatic rings. The molecule has 0 spiro atoms. The number of amides is 2. The molecule has 0 heterocycles. The van der Waals surface area contributed by atoms with E-state index in [-0.39, 0.29) is 6.03 Å². The maximum atomic E-state index is 10.7. The summed E-state index contributed by atoms with van der Waals surface area (Å²) in [5.74, 6) is 0. The average Bonchev–Trinajstić information content (AvgIpc) is 1.85. The molecule has 4 heteroatoms. The fourth-order valence-electron chi connectivity index (χ4n) is 0.368. The third-order valence-corrected chi connectivity index (χ3v) is 1.50. The molecule has 0 aliphatic carbocycles. The van der Waals surface area contributed by atoms with Crippen LogP contribution in [0.3, 0.4) is 0 Å². The van der Waals surface area contributed by atoms with Crippen LogP contribution in [0.15, 0.2) is 0 Å². The lowest BCUT2D eigenvalue weighted by Gasteiger charge is -2.05. The fourth-order valence-corrected chi connectivity index (χ4v) is 0.783. The Morgan fingerprint density at radius 2 is 2.20 bits per heavy atom. The Morgan fingerprint density at radius 1 is 1.60 bits per heavy atom. The first kappa shape index (κ1) is 9.62. The largest absolute Gasteiger partial charge is 0.338 e. The lowest BCUT2D eigenvalue weighted by Crippen LogP contribution is -2.31. The van der Waals surface area contributed by atoms with Crippen molar-refractivity contribution in [1.82, 2.24) is 10.0 Å². The Kier molecular flexibility index (Phi) is 5.20. The van der Waals surface area contributed by atoms with Crippen LogP contribution in [0.1, 0.15) is 20.8 Å².